The Hall–Kier alpha value is -0.130. The molecule has 0 amide bonds. The highest BCUT2D eigenvalue weighted by Crippen LogP contribution is 2.22. The standard InChI is InChI=1S/C12H24N2O2S/c1-11-5-4-9-14(11)17(15,16)10-7-12-6-2-3-8-13-12/h11-13H,2-10H2,1H3. The fraction of sp³-hybridized carbons (Fsp3) is 1.00. The molecule has 0 spiro atoms. The molecule has 4 nitrogen and oxygen atoms in total. The summed E-state index contributed by atoms with van der Waals surface area (Å²) < 4.78 is 26.1. The van der Waals surface area contributed by atoms with Crippen LogP contribution in [0.1, 0.15) is 45.4 Å². The first-order valence-electron chi connectivity index (χ1n) is 6.82. The topological polar surface area (TPSA) is 49.4 Å². The molecule has 0 aliphatic carbocycles. The van der Waals surface area contributed by atoms with E-state index in [9.17, 15) is 8.42 Å². The van der Waals surface area contributed by atoms with Crippen LogP contribution in [0.2, 0.25) is 0 Å². The molecular weight excluding hydrogens is 236 g/mol. The maximum Gasteiger partial charge on any atom is 0.214 e. The molecule has 0 bridgehead atoms. The highest BCUT2D eigenvalue weighted by molar-refractivity contribution is 7.89. The fourth-order valence-corrected chi connectivity index (χ4v) is 4.78. The molecule has 17 heavy (non-hydrogen) atoms. The molecule has 2 saturated heterocycles. The SMILES string of the molecule is CC1CCCN1S(=O)(=O)CCC1CCCCN1. The van der Waals surface area contributed by atoms with Gasteiger partial charge in [0.1, 0.15) is 0 Å². The third-order valence-corrected chi connectivity index (χ3v) is 5.99. The van der Waals surface area contributed by atoms with Crippen molar-refractivity contribution in [3.63, 3.8) is 0 Å². The Bertz CT molecular complexity index is 336. The smallest absolute Gasteiger partial charge is 0.214 e. The largest absolute Gasteiger partial charge is 0.314 e. The summed E-state index contributed by atoms with van der Waals surface area (Å²) in [4.78, 5) is 0. The zero-order chi connectivity index (χ0) is 12.3. The summed E-state index contributed by atoms with van der Waals surface area (Å²) in [5.41, 5.74) is 0. The molecule has 0 radical (unpaired) electrons. The van der Waals surface area contributed by atoms with Crippen molar-refractivity contribution in [1.29, 1.82) is 0 Å². The van der Waals surface area contributed by atoms with E-state index in [4.69, 9.17) is 0 Å². The van der Waals surface area contributed by atoms with Gasteiger partial charge >= 0.3 is 0 Å². The Morgan fingerprint density at radius 1 is 1.24 bits per heavy atom. The summed E-state index contributed by atoms with van der Waals surface area (Å²) in [5, 5.41) is 3.41. The zero-order valence-corrected chi connectivity index (χ0v) is 11.5. The normalized spacial score (nSPS) is 31.8. The summed E-state index contributed by atoms with van der Waals surface area (Å²) in [6, 6.07) is 0.621. The molecule has 0 aromatic carbocycles. The van der Waals surface area contributed by atoms with E-state index in [0.29, 0.717) is 11.8 Å². The zero-order valence-electron chi connectivity index (χ0n) is 10.7. The molecule has 2 rings (SSSR count). The number of nitrogens with one attached hydrogen (secondary N) is 1. The Balaban J connectivity index is 1.84. The predicted octanol–water partition coefficient (Wildman–Crippen LogP) is 1.33. The molecule has 0 saturated carbocycles. The molecule has 1 N–H and O–H groups in total. The van der Waals surface area contributed by atoms with Crippen LogP contribution in [0, 0.1) is 0 Å². The number of piperidine rings is 1. The maximum absolute atomic E-state index is 12.2. The molecule has 0 aromatic rings. The van der Waals surface area contributed by atoms with Crippen LogP contribution >= 0.6 is 0 Å². The molecule has 2 unspecified atom stereocenters. The lowest BCUT2D eigenvalue weighted by Crippen LogP contribution is -2.39. The summed E-state index contributed by atoms with van der Waals surface area (Å²) >= 11 is 0. The van der Waals surface area contributed by atoms with E-state index in [0.717, 1.165) is 38.8 Å². The van der Waals surface area contributed by atoms with Crippen LogP contribution in [0.25, 0.3) is 0 Å². The summed E-state index contributed by atoms with van der Waals surface area (Å²) in [6.45, 7) is 3.79. The van der Waals surface area contributed by atoms with E-state index < -0.39 is 10.0 Å². The molecule has 100 valence electrons. The van der Waals surface area contributed by atoms with E-state index in [-0.39, 0.29) is 6.04 Å². The molecule has 2 aliphatic rings. The van der Waals surface area contributed by atoms with E-state index in [1.54, 1.807) is 4.31 Å². The average Bonchev–Trinajstić information content (AvgIpc) is 2.75. The first-order chi connectivity index (χ1) is 8.09. The minimum Gasteiger partial charge on any atom is -0.314 e. The van der Waals surface area contributed by atoms with Gasteiger partial charge in [0.05, 0.1) is 5.75 Å². The van der Waals surface area contributed by atoms with Crippen molar-refractivity contribution in [3.8, 4) is 0 Å². The van der Waals surface area contributed by atoms with Gasteiger partial charge in [-0.15, -0.1) is 0 Å². The van der Waals surface area contributed by atoms with E-state index in [1.165, 1.54) is 12.8 Å². The van der Waals surface area contributed by atoms with Crippen LogP contribution in [-0.2, 0) is 10.0 Å². The Morgan fingerprint density at radius 2 is 2.06 bits per heavy atom. The van der Waals surface area contributed by atoms with Crippen LogP contribution in [0.15, 0.2) is 0 Å². The van der Waals surface area contributed by atoms with Crippen molar-refractivity contribution in [2.75, 3.05) is 18.8 Å². The predicted molar refractivity (Wildman–Crippen MR) is 69.4 cm³/mol. The highest BCUT2D eigenvalue weighted by atomic mass is 32.2. The van der Waals surface area contributed by atoms with Gasteiger partial charge in [-0.3, -0.25) is 0 Å². The van der Waals surface area contributed by atoms with Crippen molar-refractivity contribution in [1.82, 2.24) is 9.62 Å². The number of hydrogen-bond donors (Lipinski definition) is 1. The van der Waals surface area contributed by atoms with Crippen molar-refractivity contribution >= 4 is 10.0 Å². The average molecular weight is 260 g/mol. The van der Waals surface area contributed by atoms with Crippen molar-refractivity contribution in [3.05, 3.63) is 0 Å². The van der Waals surface area contributed by atoms with Gasteiger partial charge in [-0.05, 0) is 45.6 Å². The highest BCUT2D eigenvalue weighted by Gasteiger charge is 2.31. The third kappa shape index (κ3) is 3.42. The van der Waals surface area contributed by atoms with E-state index >= 15 is 0 Å². The molecule has 0 aromatic heterocycles. The number of hydrogen-bond acceptors (Lipinski definition) is 3. The summed E-state index contributed by atoms with van der Waals surface area (Å²) in [6.07, 6.45) is 6.39. The fourth-order valence-electron chi connectivity index (χ4n) is 2.90. The van der Waals surface area contributed by atoms with Gasteiger partial charge in [0.25, 0.3) is 0 Å². The van der Waals surface area contributed by atoms with Gasteiger partial charge in [0.15, 0.2) is 0 Å². The Kier molecular flexibility index (Phi) is 4.44. The number of sulfonamides is 1. The van der Waals surface area contributed by atoms with E-state index in [1.807, 2.05) is 6.92 Å². The second-order valence-electron chi connectivity index (χ2n) is 5.35. The van der Waals surface area contributed by atoms with Gasteiger partial charge in [-0.1, -0.05) is 6.42 Å². The van der Waals surface area contributed by atoms with Crippen LogP contribution in [0.5, 0.6) is 0 Å². The van der Waals surface area contributed by atoms with Crippen LogP contribution < -0.4 is 5.32 Å². The van der Waals surface area contributed by atoms with Gasteiger partial charge in [0, 0.05) is 18.6 Å². The lowest BCUT2D eigenvalue weighted by atomic mass is 10.0. The van der Waals surface area contributed by atoms with Crippen molar-refractivity contribution < 1.29 is 8.42 Å². The second-order valence-corrected chi connectivity index (χ2v) is 7.39. The minimum atomic E-state index is -3.02. The third-order valence-electron chi connectivity index (χ3n) is 3.99. The number of nitrogens with zero attached hydrogens (tertiary/aromatic N) is 1. The van der Waals surface area contributed by atoms with Crippen molar-refractivity contribution in [2.45, 2.75) is 57.5 Å². The molecule has 2 aliphatic heterocycles. The monoisotopic (exact) mass is 260 g/mol. The minimum absolute atomic E-state index is 0.208. The van der Waals surface area contributed by atoms with Crippen molar-refractivity contribution in [2.24, 2.45) is 0 Å². The molecule has 5 heteroatoms. The summed E-state index contributed by atoms with van der Waals surface area (Å²) in [5.74, 6) is 0.314. The van der Waals surface area contributed by atoms with Crippen LogP contribution in [0.3, 0.4) is 0 Å². The summed E-state index contributed by atoms with van der Waals surface area (Å²) in [7, 11) is -3.02. The quantitative estimate of drug-likeness (QED) is 0.829. The van der Waals surface area contributed by atoms with Gasteiger partial charge in [0.2, 0.25) is 10.0 Å². The van der Waals surface area contributed by atoms with Gasteiger partial charge < -0.3 is 5.32 Å². The molecule has 2 atom stereocenters. The van der Waals surface area contributed by atoms with Gasteiger partial charge in [-0.2, -0.15) is 4.31 Å². The maximum atomic E-state index is 12.2. The Morgan fingerprint density at radius 3 is 2.65 bits per heavy atom. The first kappa shape index (κ1) is 13.3. The lowest BCUT2D eigenvalue weighted by Gasteiger charge is -2.25. The molecule has 2 fully saturated rings. The molecule has 2 heterocycles. The van der Waals surface area contributed by atoms with Gasteiger partial charge in [-0.25, -0.2) is 8.42 Å². The second kappa shape index (κ2) is 5.67. The lowest BCUT2D eigenvalue weighted by molar-refractivity contribution is 0.380. The van der Waals surface area contributed by atoms with Crippen LogP contribution in [0.4, 0.5) is 0 Å². The molecular formula is C12H24N2O2S. The first-order valence-corrected chi connectivity index (χ1v) is 8.43. The number of rotatable bonds is 4. The van der Waals surface area contributed by atoms with E-state index in [2.05, 4.69) is 5.32 Å². The Labute approximate surface area is 105 Å². The van der Waals surface area contributed by atoms with Crippen LogP contribution in [-0.4, -0.2) is 43.6 Å².